The fraction of sp³-hybridized carbons (Fsp3) is 0.931. The minimum absolute atomic E-state index is 0.0631. The number of unbranched alkanes of at least 4 members (excludes halogenated alkanes) is 18. The third-order valence-electron chi connectivity index (χ3n) is 6.86. The van der Waals surface area contributed by atoms with E-state index in [-0.39, 0.29) is 13.0 Å². The Balaban J connectivity index is 3.49. The molecule has 0 aromatic heterocycles. The molecule has 0 saturated carbocycles. The van der Waals surface area contributed by atoms with E-state index in [0.29, 0.717) is 10.9 Å². The van der Waals surface area contributed by atoms with Gasteiger partial charge in [0.2, 0.25) is 5.34 Å². The summed E-state index contributed by atoms with van der Waals surface area (Å²) in [5, 5.41) is 8.66. The zero-order valence-electron chi connectivity index (χ0n) is 23.9. The third-order valence-corrected chi connectivity index (χ3v) is 8.31. The molecule has 0 heterocycles. The van der Waals surface area contributed by atoms with Crippen LogP contribution in [0.1, 0.15) is 142 Å². The highest BCUT2D eigenvalue weighted by Crippen LogP contribution is 2.52. The van der Waals surface area contributed by atoms with Crippen LogP contribution in [0, 0.1) is 0 Å². The molecule has 0 rings (SSSR count). The van der Waals surface area contributed by atoms with Gasteiger partial charge in [0.05, 0.1) is 21.1 Å². The van der Waals surface area contributed by atoms with E-state index in [9.17, 15) is 19.5 Å². The molecule has 5 nitrogen and oxygen atoms in total. The highest BCUT2D eigenvalue weighted by molar-refractivity contribution is 7.53. The fourth-order valence-electron chi connectivity index (χ4n) is 4.79. The first-order valence-electron chi connectivity index (χ1n) is 14.8. The van der Waals surface area contributed by atoms with E-state index >= 15 is 0 Å². The van der Waals surface area contributed by atoms with Gasteiger partial charge in [-0.3, -0.25) is 4.57 Å². The predicted octanol–water partition coefficient (Wildman–Crippen LogP) is 8.33. The van der Waals surface area contributed by atoms with Crippen LogP contribution >= 0.6 is 7.60 Å². The molecule has 35 heavy (non-hydrogen) atoms. The van der Waals surface area contributed by atoms with Crippen LogP contribution in [0.2, 0.25) is 0 Å². The van der Waals surface area contributed by atoms with Gasteiger partial charge in [0.25, 0.3) is 0 Å². The van der Waals surface area contributed by atoms with Crippen LogP contribution in [-0.4, -0.2) is 52.4 Å². The van der Waals surface area contributed by atoms with Crippen molar-refractivity contribution >= 4 is 7.60 Å². The van der Waals surface area contributed by atoms with Crippen molar-refractivity contribution in [3.63, 3.8) is 0 Å². The van der Waals surface area contributed by atoms with Gasteiger partial charge in [-0.2, -0.15) is 0 Å². The third kappa shape index (κ3) is 21.6. The Morgan fingerprint density at radius 1 is 0.629 bits per heavy atom. The summed E-state index contributed by atoms with van der Waals surface area (Å²) in [7, 11) is 0.988. The Bertz CT molecular complexity index is 555. The molecular weight excluding hydrogens is 457 g/mol. The van der Waals surface area contributed by atoms with Gasteiger partial charge >= 0.3 is 7.60 Å². The number of quaternary nitrogens is 1. The highest BCUT2D eigenvalue weighted by atomic mass is 31.2. The molecule has 0 radical (unpaired) electrons. The lowest BCUT2D eigenvalue weighted by Crippen LogP contribution is -2.49. The first-order valence-corrected chi connectivity index (χ1v) is 16.4. The van der Waals surface area contributed by atoms with Crippen LogP contribution < -0.4 is 0 Å². The molecule has 3 N–H and O–H groups in total. The number of hydrogen-bond acceptors (Lipinski definition) is 2. The first kappa shape index (κ1) is 34.8. The second-order valence-corrected chi connectivity index (χ2v) is 13.7. The van der Waals surface area contributed by atoms with Gasteiger partial charge in [-0.05, 0) is 38.5 Å². The molecular formula is C29H61NO4P+. The number of allylic oxidation sites excluding steroid dienone is 2. The van der Waals surface area contributed by atoms with Crippen molar-refractivity contribution < 1.29 is 23.9 Å². The van der Waals surface area contributed by atoms with Gasteiger partial charge in [-0.15, -0.1) is 0 Å². The summed E-state index contributed by atoms with van der Waals surface area (Å²) in [5.74, 6) is 0. The van der Waals surface area contributed by atoms with Crippen molar-refractivity contribution in [3.8, 4) is 0 Å². The Morgan fingerprint density at radius 3 is 1.31 bits per heavy atom. The minimum atomic E-state index is -4.54. The molecule has 6 heteroatoms. The number of likely N-dealkylation sites (N-methyl/N-ethyl adjacent to an activating group) is 1. The van der Waals surface area contributed by atoms with E-state index < -0.39 is 12.9 Å². The zero-order chi connectivity index (χ0) is 26.5. The van der Waals surface area contributed by atoms with E-state index in [1.807, 2.05) is 21.1 Å². The monoisotopic (exact) mass is 518 g/mol. The van der Waals surface area contributed by atoms with Crippen molar-refractivity contribution in [2.75, 3.05) is 27.7 Å². The second kappa shape index (κ2) is 20.8. The average molecular weight is 519 g/mol. The lowest BCUT2D eigenvalue weighted by Gasteiger charge is -2.35. The van der Waals surface area contributed by atoms with Gasteiger partial charge in [0.15, 0.2) is 0 Å². The van der Waals surface area contributed by atoms with E-state index in [0.717, 1.165) is 12.8 Å². The maximum Gasteiger partial charge on any atom is 0.362 e. The zero-order valence-corrected chi connectivity index (χ0v) is 24.7. The standard InChI is InChI=1S/C29H60NO4P/c1-5-6-7-8-9-10-11-12-13-14-15-16-17-18-19-20-21-22-23-24-25-26-27-29(31,35(32,33)34)28-30(2,3)4/h11-12,31H,5-10,13-28H2,1-4H3,(H-,32,33,34)/p+1/b12-11-. The summed E-state index contributed by atoms with van der Waals surface area (Å²) in [6.45, 7) is 2.33. The number of hydrogen-bond donors (Lipinski definition) is 3. The van der Waals surface area contributed by atoms with Gasteiger partial charge in [0.1, 0.15) is 6.54 Å². The number of aliphatic hydroxyl groups is 1. The van der Waals surface area contributed by atoms with Crippen LogP contribution in [0.15, 0.2) is 12.2 Å². The van der Waals surface area contributed by atoms with Crippen LogP contribution in [0.3, 0.4) is 0 Å². The molecule has 0 saturated heterocycles. The lowest BCUT2D eigenvalue weighted by atomic mass is 10.0. The molecule has 0 spiro atoms. The SMILES string of the molecule is CCCCCCC/C=C\CCCCCCCCCCCCCCCC(O)(C[N+](C)(C)C)P(=O)(O)O. The molecule has 210 valence electrons. The molecule has 0 bridgehead atoms. The van der Waals surface area contributed by atoms with E-state index in [1.165, 1.54) is 109 Å². The van der Waals surface area contributed by atoms with Gasteiger partial charge in [0, 0.05) is 0 Å². The molecule has 0 amide bonds. The molecule has 0 aromatic rings. The Kier molecular flexibility index (Phi) is 20.7. The fourth-order valence-corrected chi connectivity index (χ4v) is 5.85. The van der Waals surface area contributed by atoms with Gasteiger partial charge in [-0.1, -0.05) is 115 Å². The number of rotatable bonds is 25. The van der Waals surface area contributed by atoms with Crippen molar-refractivity contribution in [1.82, 2.24) is 0 Å². The quantitative estimate of drug-likeness (QED) is 0.0491. The van der Waals surface area contributed by atoms with E-state index in [1.54, 1.807) is 0 Å². The lowest BCUT2D eigenvalue weighted by molar-refractivity contribution is -0.875. The van der Waals surface area contributed by atoms with Crippen LogP contribution in [0.5, 0.6) is 0 Å². The predicted molar refractivity (Wildman–Crippen MR) is 152 cm³/mol. The molecule has 0 aromatic carbocycles. The Hall–Kier alpha value is -0.190. The largest absolute Gasteiger partial charge is 0.373 e. The summed E-state index contributed by atoms with van der Waals surface area (Å²) in [6.07, 6.45) is 30.2. The molecule has 1 atom stereocenters. The Morgan fingerprint density at radius 2 is 0.971 bits per heavy atom. The summed E-state index contributed by atoms with van der Waals surface area (Å²) in [5.41, 5.74) is 0. The molecule has 0 fully saturated rings. The van der Waals surface area contributed by atoms with Crippen LogP contribution in [0.4, 0.5) is 0 Å². The van der Waals surface area contributed by atoms with Crippen LogP contribution in [-0.2, 0) is 4.57 Å². The van der Waals surface area contributed by atoms with Gasteiger partial charge < -0.3 is 19.4 Å². The second-order valence-electron chi connectivity index (χ2n) is 11.8. The van der Waals surface area contributed by atoms with Crippen molar-refractivity contribution in [2.45, 2.75) is 147 Å². The van der Waals surface area contributed by atoms with E-state index in [4.69, 9.17) is 0 Å². The van der Waals surface area contributed by atoms with Crippen molar-refractivity contribution in [3.05, 3.63) is 12.2 Å². The molecule has 1 unspecified atom stereocenters. The normalized spacial score (nSPS) is 14.6. The molecule has 0 aliphatic carbocycles. The summed E-state index contributed by atoms with van der Waals surface area (Å²) >= 11 is 0. The topological polar surface area (TPSA) is 77.8 Å². The summed E-state index contributed by atoms with van der Waals surface area (Å²) in [4.78, 5) is 19.2. The summed E-state index contributed by atoms with van der Waals surface area (Å²) < 4.78 is 12.1. The maximum atomic E-state index is 11.8. The summed E-state index contributed by atoms with van der Waals surface area (Å²) in [6, 6.07) is 0. The Labute approximate surface area is 218 Å². The van der Waals surface area contributed by atoms with Crippen LogP contribution in [0.25, 0.3) is 0 Å². The van der Waals surface area contributed by atoms with E-state index in [2.05, 4.69) is 19.1 Å². The first-order chi connectivity index (χ1) is 16.5. The smallest absolute Gasteiger partial charge is 0.362 e. The molecule has 0 aliphatic rings. The highest BCUT2D eigenvalue weighted by Gasteiger charge is 2.48. The van der Waals surface area contributed by atoms with Gasteiger partial charge in [-0.25, -0.2) is 0 Å². The minimum Gasteiger partial charge on any atom is -0.373 e. The average Bonchev–Trinajstić information content (AvgIpc) is 2.75. The number of nitrogens with zero attached hydrogens (tertiary/aromatic N) is 1. The maximum absolute atomic E-state index is 11.8. The molecule has 0 aliphatic heterocycles. The van der Waals surface area contributed by atoms with Crippen molar-refractivity contribution in [2.24, 2.45) is 0 Å². The van der Waals surface area contributed by atoms with Crippen molar-refractivity contribution in [1.29, 1.82) is 0 Å².